The maximum atomic E-state index is 10.1. The van der Waals surface area contributed by atoms with E-state index >= 15 is 0 Å². The average molecular weight is 274 g/mol. The Kier molecular flexibility index (Phi) is 6.26. The van der Waals surface area contributed by atoms with Crippen LogP contribution in [0, 0.1) is 0 Å². The molecule has 0 spiro atoms. The Bertz CT molecular complexity index is 516. The van der Waals surface area contributed by atoms with E-state index in [2.05, 4.69) is 0 Å². The molecule has 2 N–H and O–H groups in total. The topological polar surface area (TPSA) is 66.8 Å². The highest BCUT2D eigenvalue weighted by Gasteiger charge is 2.09. The fourth-order valence-corrected chi connectivity index (χ4v) is 1.61. The number of carboxylic acid groups (broad SMARTS) is 1. The fraction of sp³-hybridized carbons (Fsp3) is 0.188. The minimum absolute atomic E-state index is 0.577. The van der Waals surface area contributed by atoms with Gasteiger partial charge in [0.15, 0.2) is 0 Å². The molecule has 0 heterocycles. The lowest BCUT2D eigenvalue weighted by atomic mass is 10.0. The molecule has 0 fully saturated rings. The van der Waals surface area contributed by atoms with Gasteiger partial charge in [-0.3, -0.25) is 4.79 Å². The number of rotatable bonds is 3. The first-order valence-corrected chi connectivity index (χ1v) is 6.11. The molecular formula is C16H18O4. The van der Waals surface area contributed by atoms with Gasteiger partial charge in [0, 0.05) is 6.92 Å². The highest BCUT2D eigenvalue weighted by Crippen LogP contribution is 2.23. The monoisotopic (exact) mass is 274 g/mol. The number of carbonyl (C=O) groups is 1. The molecular weight excluding hydrogens is 256 g/mol. The third-order valence-electron chi connectivity index (χ3n) is 2.55. The van der Waals surface area contributed by atoms with Crippen LogP contribution in [0.5, 0.6) is 5.75 Å². The van der Waals surface area contributed by atoms with Gasteiger partial charge in [-0.25, -0.2) is 0 Å². The highest BCUT2D eigenvalue weighted by molar-refractivity contribution is 5.62. The van der Waals surface area contributed by atoms with Crippen LogP contribution in [-0.2, 0) is 4.79 Å². The molecule has 4 heteroatoms. The maximum Gasteiger partial charge on any atom is 0.300 e. The van der Waals surface area contributed by atoms with Crippen molar-refractivity contribution in [2.24, 2.45) is 0 Å². The van der Waals surface area contributed by atoms with Crippen molar-refractivity contribution in [3.05, 3.63) is 65.7 Å². The maximum absolute atomic E-state index is 10.1. The molecule has 0 amide bonds. The molecule has 20 heavy (non-hydrogen) atoms. The van der Waals surface area contributed by atoms with Crippen LogP contribution in [-0.4, -0.2) is 23.3 Å². The Morgan fingerprint density at radius 2 is 1.45 bits per heavy atom. The first kappa shape index (κ1) is 15.7. The number of aliphatic carboxylic acids is 1. The van der Waals surface area contributed by atoms with E-state index in [9.17, 15) is 5.11 Å². The average Bonchev–Trinajstić information content (AvgIpc) is 2.47. The van der Waals surface area contributed by atoms with Crippen molar-refractivity contribution in [1.82, 2.24) is 0 Å². The lowest BCUT2D eigenvalue weighted by Crippen LogP contribution is -1.98. The fourth-order valence-electron chi connectivity index (χ4n) is 1.61. The zero-order chi connectivity index (χ0) is 15.0. The Morgan fingerprint density at radius 1 is 1.00 bits per heavy atom. The lowest BCUT2D eigenvalue weighted by Gasteiger charge is -2.11. The number of hydrogen-bond donors (Lipinski definition) is 2. The van der Waals surface area contributed by atoms with Gasteiger partial charge in [-0.2, -0.15) is 0 Å². The van der Waals surface area contributed by atoms with E-state index in [4.69, 9.17) is 14.6 Å². The molecule has 0 saturated carbocycles. The molecule has 1 atom stereocenters. The van der Waals surface area contributed by atoms with Gasteiger partial charge >= 0.3 is 0 Å². The van der Waals surface area contributed by atoms with Gasteiger partial charge in [-0.1, -0.05) is 42.5 Å². The second-order valence-corrected chi connectivity index (χ2v) is 4.11. The molecule has 106 valence electrons. The van der Waals surface area contributed by atoms with Gasteiger partial charge in [0.05, 0.1) is 7.11 Å². The molecule has 2 aromatic rings. The van der Waals surface area contributed by atoms with Gasteiger partial charge in [0.2, 0.25) is 0 Å². The van der Waals surface area contributed by atoms with Crippen molar-refractivity contribution in [3.8, 4) is 5.75 Å². The third-order valence-corrected chi connectivity index (χ3v) is 2.55. The summed E-state index contributed by atoms with van der Waals surface area (Å²) < 4.78 is 5.07. The van der Waals surface area contributed by atoms with Crippen LogP contribution >= 0.6 is 0 Å². The van der Waals surface area contributed by atoms with Crippen LogP contribution in [0.3, 0.4) is 0 Å². The number of methoxy groups -OCH3 is 1. The molecule has 0 aromatic heterocycles. The second kappa shape index (κ2) is 7.96. The third kappa shape index (κ3) is 5.12. The Morgan fingerprint density at radius 3 is 1.90 bits per heavy atom. The minimum atomic E-state index is -0.833. The van der Waals surface area contributed by atoms with Crippen molar-refractivity contribution in [1.29, 1.82) is 0 Å². The predicted molar refractivity (Wildman–Crippen MR) is 76.8 cm³/mol. The molecule has 1 unspecified atom stereocenters. The summed E-state index contributed by atoms with van der Waals surface area (Å²) >= 11 is 0. The summed E-state index contributed by atoms with van der Waals surface area (Å²) in [5.74, 6) is -0.0380. The van der Waals surface area contributed by atoms with Crippen LogP contribution in [0.15, 0.2) is 54.6 Å². The Balaban J connectivity index is 0.000000444. The van der Waals surface area contributed by atoms with Crippen molar-refractivity contribution in [2.75, 3.05) is 7.11 Å². The van der Waals surface area contributed by atoms with Crippen molar-refractivity contribution in [2.45, 2.75) is 13.0 Å². The van der Waals surface area contributed by atoms with Crippen LogP contribution < -0.4 is 4.74 Å². The number of aliphatic hydroxyl groups is 1. The van der Waals surface area contributed by atoms with Gasteiger partial charge in [-0.05, 0) is 23.3 Å². The standard InChI is InChI=1S/C14H14O2.C2H4O2/c1-16-13-9-7-12(8-10-13)14(15)11-5-3-2-4-6-11;1-2(3)4/h2-10,14-15H,1H3;1H3,(H,3,4). The molecule has 0 aliphatic carbocycles. The molecule has 4 nitrogen and oxygen atoms in total. The zero-order valence-electron chi connectivity index (χ0n) is 11.5. The second-order valence-electron chi connectivity index (χ2n) is 4.11. The predicted octanol–water partition coefficient (Wildman–Crippen LogP) is 2.87. The van der Waals surface area contributed by atoms with Crippen LogP contribution in [0.1, 0.15) is 24.2 Å². The van der Waals surface area contributed by atoms with Crippen molar-refractivity contribution in [3.63, 3.8) is 0 Å². The normalized spacial score (nSPS) is 10.9. The lowest BCUT2D eigenvalue weighted by molar-refractivity contribution is -0.134. The first-order valence-electron chi connectivity index (χ1n) is 6.11. The molecule has 0 aliphatic heterocycles. The summed E-state index contributed by atoms with van der Waals surface area (Å²) in [5, 5.41) is 17.5. The van der Waals surface area contributed by atoms with E-state index in [1.54, 1.807) is 7.11 Å². The molecule has 0 radical (unpaired) electrons. The summed E-state index contributed by atoms with van der Waals surface area (Å²) in [6.45, 7) is 1.08. The molecule has 2 aromatic carbocycles. The van der Waals surface area contributed by atoms with E-state index in [1.807, 2.05) is 54.6 Å². The van der Waals surface area contributed by atoms with Crippen LogP contribution in [0.4, 0.5) is 0 Å². The van der Waals surface area contributed by atoms with E-state index in [-0.39, 0.29) is 0 Å². The quantitative estimate of drug-likeness (QED) is 0.903. The summed E-state index contributed by atoms with van der Waals surface area (Å²) in [6.07, 6.45) is -0.577. The van der Waals surface area contributed by atoms with Crippen LogP contribution in [0.25, 0.3) is 0 Å². The first-order chi connectivity index (χ1) is 9.54. The summed E-state index contributed by atoms with van der Waals surface area (Å²) in [6, 6.07) is 17.0. The van der Waals surface area contributed by atoms with Gasteiger partial charge in [0.1, 0.15) is 11.9 Å². The number of ether oxygens (including phenoxy) is 1. The molecule has 0 saturated heterocycles. The SMILES string of the molecule is CC(=O)O.COc1ccc(C(O)c2ccccc2)cc1. The van der Waals surface area contributed by atoms with Gasteiger partial charge in [0.25, 0.3) is 5.97 Å². The minimum Gasteiger partial charge on any atom is -0.497 e. The summed E-state index contributed by atoms with van der Waals surface area (Å²) in [5.41, 5.74) is 1.76. The number of benzene rings is 2. The molecule has 0 aliphatic rings. The van der Waals surface area contributed by atoms with Gasteiger partial charge in [-0.15, -0.1) is 0 Å². The van der Waals surface area contributed by atoms with Crippen LogP contribution in [0.2, 0.25) is 0 Å². The smallest absolute Gasteiger partial charge is 0.300 e. The summed E-state index contributed by atoms with van der Waals surface area (Å²) in [4.78, 5) is 9.00. The Hall–Kier alpha value is -2.33. The van der Waals surface area contributed by atoms with E-state index < -0.39 is 12.1 Å². The molecule has 2 rings (SSSR count). The Labute approximate surface area is 118 Å². The largest absolute Gasteiger partial charge is 0.497 e. The van der Waals surface area contributed by atoms with Crippen molar-refractivity contribution >= 4 is 5.97 Å². The van der Waals surface area contributed by atoms with Crippen molar-refractivity contribution < 1.29 is 19.7 Å². The van der Waals surface area contributed by atoms with E-state index in [1.165, 1.54) is 0 Å². The van der Waals surface area contributed by atoms with E-state index in [0.29, 0.717) is 0 Å². The highest BCUT2D eigenvalue weighted by atomic mass is 16.5. The zero-order valence-corrected chi connectivity index (χ0v) is 11.5. The molecule has 0 bridgehead atoms. The van der Waals surface area contributed by atoms with Gasteiger partial charge < -0.3 is 14.9 Å². The number of hydrogen-bond acceptors (Lipinski definition) is 3. The number of aliphatic hydroxyl groups excluding tert-OH is 1. The van der Waals surface area contributed by atoms with E-state index in [0.717, 1.165) is 23.8 Å². The summed E-state index contributed by atoms with van der Waals surface area (Å²) in [7, 11) is 1.63. The number of carboxylic acids is 1.